The summed E-state index contributed by atoms with van der Waals surface area (Å²) in [5.74, 6) is -1.69. The Labute approximate surface area is 132 Å². The molecule has 0 aliphatic carbocycles. The Kier molecular flexibility index (Phi) is 5.13. The quantitative estimate of drug-likeness (QED) is 0.853. The normalized spacial score (nSPS) is 12.2. The first kappa shape index (κ1) is 16.4. The molecule has 1 unspecified atom stereocenters. The van der Waals surface area contributed by atoms with Gasteiger partial charge in [0, 0.05) is 19.4 Å². The number of amides is 1. The summed E-state index contributed by atoms with van der Waals surface area (Å²) in [6.07, 6.45) is 4.40. The van der Waals surface area contributed by atoms with Gasteiger partial charge in [-0.3, -0.25) is 4.79 Å². The molecule has 0 fully saturated rings. The Morgan fingerprint density at radius 3 is 2.82 bits per heavy atom. The van der Waals surface area contributed by atoms with Gasteiger partial charge in [0.05, 0.1) is 5.56 Å². The number of hydrogen-bond acceptors (Lipinski definition) is 2. The predicted octanol–water partition coefficient (Wildman–Crippen LogP) is 3.57. The second kappa shape index (κ2) is 6.87. The fourth-order valence-corrected chi connectivity index (χ4v) is 2.47. The third kappa shape index (κ3) is 2.97. The van der Waals surface area contributed by atoms with Crippen molar-refractivity contribution in [1.82, 2.24) is 14.9 Å². The van der Waals surface area contributed by atoms with E-state index in [1.165, 1.54) is 19.3 Å². The minimum absolute atomic E-state index is 0.0569. The van der Waals surface area contributed by atoms with E-state index in [1.807, 2.05) is 6.92 Å². The summed E-state index contributed by atoms with van der Waals surface area (Å²) in [4.78, 5) is 16.2. The van der Waals surface area contributed by atoms with Crippen LogP contribution in [0.15, 0.2) is 24.5 Å². The third-order valence-corrected chi connectivity index (χ3v) is 3.74. The molecule has 7 heteroatoms. The van der Waals surface area contributed by atoms with Crippen LogP contribution in [0.1, 0.15) is 25.8 Å². The zero-order valence-corrected chi connectivity index (χ0v) is 13.0. The molecule has 22 heavy (non-hydrogen) atoms. The average molecular weight is 328 g/mol. The number of likely N-dealkylation sites (N-methyl/N-ethyl adjacent to an activating group) is 1. The van der Waals surface area contributed by atoms with Crippen LogP contribution in [0, 0.1) is 11.6 Å². The number of rotatable bonds is 5. The maximum atomic E-state index is 14.2. The molecular formula is C15H16ClF2N3O. The monoisotopic (exact) mass is 327 g/mol. The van der Waals surface area contributed by atoms with Crippen LogP contribution in [0.4, 0.5) is 8.78 Å². The van der Waals surface area contributed by atoms with Gasteiger partial charge in [-0.2, -0.15) is 0 Å². The van der Waals surface area contributed by atoms with Crippen LogP contribution in [0.5, 0.6) is 0 Å². The molecule has 0 saturated carbocycles. The maximum Gasteiger partial charge on any atom is 0.242 e. The van der Waals surface area contributed by atoms with E-state index in [1.54, 1.807) is 10.8 Å². The molecule has 1 aromatic carbocycles. The van der Waals surface area contributed by atoms with Crippen molar-refractivity contribution in [1.29, 1.82) is 0 Å². The highest BCUT2D eigenvalue weighted by Crippen LogP contribution is 2.31. The molecule has 0 bridgehead atoms. The summed E-state index contributed by atoms with van der Waals surface area (Å²) < 4.78 is 29.1. The molecule has 2 rings (SSSR count). The largest absolute Gasteiger partial charge is 0.357 e. The molecule has 1 N–H and O–H groups in total. The highest BCUT2D eigenvalue weighted by atomic mass is 35.5. The first-order valence-corrected chi connectivity index (χ1v) is 7.27. The van der Waals surface area contributed by atoms with Crippen LogP contribution in [0.2, 0.25) is 5.02 Å². The standard InChI is InChI=1S/C15H16ClF2N3O/c1-3-4-11(15(22)19-2)21-8-7-20-14(21)9-5-6-10(17)12(16)13(9)18/h5-8,11H,3-4H2,1-2H3,(H,19,22). The SMILES string of the molecule is CCCC(C(=O)NC)n1ccnc1-c1ccc(F)c(Cl)c1F. The van der Waals surface area contributed by atoms with Gasteiger partial charge in [-0.05, 0) is 18.6 Å². The number of nitrogens with one attached hydrogen (secondary N) is 1. The van der Waals surface area contributed by atoms with Gasteiger partial charge in [0.1, 0.15) is 22.7 Å². The van der Waals surface area contributed by atoms with Gasteiger partial charge < -0.3 is 9.88 Å². The van der Waals surface area contributed by atoms with Crippen molar-refractivity contribution in [2.45, 2.75) is 25.8 Å². The van der Waals surface area contributed by atoms with E-state index in [9.17, 15) is 13.6 Å². The smallest absolute Gasteiger partial charge is 0.242 e. The number of carbonyl (C=O) groups excluding carboxylic acids is 1. The van der Waals surface area contributed by atoms with Crippen LogP contribution in [0.3, 0.4) is 0 Å². The van der Waals surface area contributed by atoms with Gasteiger partial charge in [0.2, 0.25) is 5.91 Å². The zero-order chi connectivity index (χ0) is 16.3. The molecule has 0 radical (unpaired) electrons. The fourth-order valence-electron chi connectivity index (χ4n) is 2.31. The average Bonchev–Trinajstić information content (AvgIpc) is 2.98. The van der Waals surface area contributed by atoms with Crippen molar-refractivity contribution in [3.63, 3.8) is 0 Å². The molecular weight excluding hydrogens is 312 g/mol. The zero-order valence-electron chi connectivity index (χ0n) is 12.2. The van der Waals surface area contributed by atoms with E-state index in [0.29, 0.717) is 6.42 Å². The first-order valence-electron chi connectivity index (χ1n) is 6.89. The lowest BCUT2D eigenvalue weighted by Gasteiger charge is -2.19. The van der Waals surface area contributed by atoms with E-state index in [2.05, 4.69) is 10.3 Å². The number of nitrogens with zero attached hydrogens (tertiary/aromatic N) is 2. The van der Waals surface area contributed by atoms with Crippen molar-refractivity contribution < 1.29 is 13.6 Å². The Morgan fingerprint density at radius 1 is 1.45 bits per heavy atom. The molecule has 0 aliphatic rings. The van der Waals surface area contributed by atoms with E-state index < -0.39 is 22.7 Å². The summed E-state index contributed by atoms with van der Waals surface area (Å²) >= 11 is 5.62. The lowest BCUT2D eigenvalue weighted by Crippen LogP contribution is -2.30. The highest BCUT2D eigenvalue weighted by molar-refractivity contribution is 6.31. The Morgan fingerprint density at radius 2 is 2.18 bits per heavy atom. The van der Waals surface area contributed by atoms with Gasteiger partial charge in [-0.15, -0.1) is 0 Å². The molecule has 2 aromatic rings. The van der Waals surface area contributed by atoms with Crippen LogP contribution >= 0.6 is 11.6 Å². The predicted molar refractivity (Wildman–Crippen MR) is 80.6 cm³/mol. The number of halogens is 3. The molecule has 1 amide bonds. The second-order valence-electron chi connectivity index (χ2n) is 4.80. The summed E-state index contributed by atoms with van der Waals surface area (Å²) in [5.41, 5.74) is 0.0569. The molecule has 1 aromatic heterocycles. The van der Waals surface area contributed by atoms with Gasteiger partial charge >= 0.3 is 0 Å². The van der Waals surface area contributed by atoms with Crippen molar-refractivity contribution >= 4 is 17.5 Å². The molecule has 118 valence electrons. The summed E-state index contributed by atoms with van der Waals surface area (Å²) in [5, 5.41) is 2.00. The Bertz CT molecular complexity index is 687. The fraction of sp³-hybridized carbons (Fsp3) is 0.333. The maximum absolute atomic E-state index is 14.2. The van der Waals surface area contributed by atoms with E-state index in [0.717, 1.165) is 12.5 Å². The van der Waals surface area contributed by atoms with Crippen molar-refractivity contribution in [2.24, 2.45) is 0 Å². The minimum Gasteiger partial charge on any atom is -0.357 e. The van der Waals surface area contributed by atoms with Crippen LogP contribution in [-0.4, -0.2) is 22.5 Å². The van der Waals surface area contributed by atoms with Crippen molar-refractivity contribution in [3.05, 3.63) is 41.2 Å². The Hall–Kier alpha value is -1.95. The number of benzene rings is 1. The minimum atomic E-state index is -0.888. The summed E-state index contributed by atoms with van der Waals surface area (Å²) in [6, 6.07) is 1.83. The van der Waals surface area contributed by atoms with Crippen molar-refractivity contribution in [2.75, 3.05) is 7.05 Å². The first-order chi connectivity index (χ1) is 10.5. The van der Waals surface area contributed by atoms with E-state index >= 15 is 0 Å². The number of imidazole rings is 1. The van der Waals surface area contributed by atoms with Gasteiger partial charge in [0.25, 0.3) is 0 Å². The molecule has 1 atom stereocenters. The number of aromatic nitrogens is 2. The van der Waals surface area contributed by atoms with Crippen molar-refractivity contribution in [3.8, 4) is 11.4 Å². The molecule has 4 nitrogen and oxygen atoms in total. The Balaban J connectivity index is 2.53. The van der Waals surface area contributed by atoms with Gasteiger partial charge in [0.15, 0.2) is 5.82 Å². The lowest BCUT2D eigenvalue weighted by molar-refractivity contribution is -0.124. The molecule has 0 aliphatic heterocycles. The van der Waals surface area contributed by atoms with Crippen LogP contribution in [-0.2, 0) is 4.79 Å². The number of hydrogen-bond donors (Lipinski definition) is 1. The molecule has 0 saturated heterocycles. The second-order valence-corrected chi connectivity index (χ2v) is 5.18. The van der Waals surface area contributed by atoms with Crippen LogP contribution in [0.25, 0.3) is 11.4 Å². The van der Waals surface area contributed by atoms with Gasteiger partial charge in [-0.1, -0.05) is 24.9 Å². The van der Waals surface area contributed by atoms with Crippen LogP contribution < -0.4 is 5.32 Å². The summed E-state index contributed by atoms with van der Waals surface area (Å²) in [6.45, 7) is 1.95. The molecule has 1 heterocycles. The topological polar surface area (TPSA) is 46.9 Å². The molecule has 0 spiro atoms. The van der Waals surface area contributed by atoms with Gasteiger partial charge in [-0.25, -0.2) is 13.8 Å². The highest BCUT2D eigenvalue weighted by Gasteiger charge is 2.24. The lowest BCUT2D eigenvalue weighted by atomic mass is 10.1. The van der Waals surface area contributed by atoms with E-state index in [4.69, 9.17) is 11.6 Å². The van der Waals surface area contributed by atoms with E-state index in [-0.39, 0.29) is 17.3 Å². The summed E-state index contributed by atoms with van der Waals surface area (Å²) in [7, 11) is 1.54. The number of carbonyl (C=O) groups is 1. The third-order valence-electron chi connectivity index (χ3n) is 3.39.